The maximum Gasteiger partial charge on any atom is 2.00 e. The van der Waals surface area contributed by atoms with Gasteiger partial charge in [-0.05, 0) is 76.5 Å². The van der Waals surface area contributed by atoms with Gasteiger partial charge in [-0.25, -0.2) is 4.98 Å². The largest absolute Gasteiger partial charge is 2.00 e. The maximum atomic E-state index is 6.50. The van der Waals surface area contributed by atoms with Crippen LogP contribution in [-0.4, -0.2) is 19.3 Å². The molecule has 0 unspecified atom stereocenters. The van der Waals surface area contributed by atoms with Gasteiger partial charge in [0.25, 0.3) is 0 Å². The predicted molar refractivity (Wildman–Crippen MR) is 226 cm³/mol. The molecule has 288 valence electrons. The molecular weight excluding hydrogens is 900 g/mol. The monoisotopic (exact) mass is 939 g/mol. The Morgan fingerprint density at radius 1 is 0.672 bits per heavy atom. The average molecular weight is 940 g/mol. The Balaban J connectivity index is 0.00000469. The fraction of sp³-hybridized carbons (Fsp3) is 0.120. The molecule has 0 aliphatic heterocycles. The van der Waals surface area contributed by atoms with Gasteiger partial charge in [-0.1, -0.05) is 98.2 Å². The molecule has 0 atom stereocenters. The summed E-state index contributed by atoms with van der Waals surface area (Å²) in [5.41, 5.74) is 8.76. The van der Waals surface area contributed by atoms with Gasteiger partial charge >= 0.3 is 21.1 Å². The molecule has 0 aliphatic rings. The Morgan fingerprint density at radius 2 is 1.34 bits per heavy atom. The minimum atomic E-state index is 0. The number of rotatable bonds is 12. The molecule has 6 aromatic carbocycles. The molecule has 0 fully saturated rings. The number of hydrogen-bond acceptors (Lipinski definition) is 5. The molecule has 7 nitrogen and oxygen atoms in total. The third-order valence-corrected chi connectivity index (χ3v) is 10.00. The van der Waals surface area contributed by atoms with Gasteiger partial charge in [0.15, 0.2) is 0 Å². The Bertz CT molecular complexity index is 2770. The van der Waals surface area contributed by atoms with Crippen LogP contribution in [0.1, 0.15) is 42.0 Å². The van der Waals surface area contributed by atoms with Crippen LogP contribution in [0, 0.1) is 19.1 Å². The van der Waals surface area contributed by atoms with Crippen molar-refractivity contribution in [2.24, 2.45) is 0 Å². The summed E-state index contributed by atoms with van der Waals surface area (Å²) in [7, 11) is 0. The van der Waals surface area contributed by atoms with Gasteiger partial charge < -0.3 is 18.8 Å². The molecule has 0 amide bonds. The van der Waals surface area contributed by atoms with Crippen molar-refractivity contribution < 1.29 is 35.3 Å². The number of hydrogen-bond donors (Lipinski definition) is 0. The van der Waals surface area contributed by atoms with Gasteiger partial charge in [0.2, 0.25) is 0 Å². The molecule has 3 aromatic heterocycles. The summed E-state index contributed by atoms with van der Waals surface area (Å²) < 4.78 is 23.4. The molecule has 0 bridgehead atoms. The molecule has 3 heterocycles. The predicted octanol–water partition coefficient (Wildman–Crippen LogP) is 12.0. The third-order valence-electron chi connectivity index (χ3n) is 10.00. The van der Waals surface area contributed by atoms with E-state index in [0.29, 0.717) is 36.3 Å². The first-order chi connectivity index (χ1) is 28.0. The molecule has 9 aromatic rings. The number of aryl methyl sites for hydroxylation is 1. The van der Waals surface area contributed by atoms with Crippen LogP contribution in [0.2, 0.25) is 0 Å². The van der Waals surface area contributed by atoms with E-state index in [0.717, 1.165) is 66.9 Å². The first-order valence-corrected chi connectivity index (χ1v) is 19.1. The molecule has 0 radical (unpaired) electrons. The second-order valence-electron chi connectivity index (χ2n) is 14.4. The number of benzene rings is 6. The summed E-state index contributed by atoms with van der Waals surface area (Å²) in [4.78, 5) is 4.78. The smallest absolute Gasteiger partial charge is 0.509 e. The Morgan fingerprint density at radius 3 is 2.05 bits per heavy atom. The van der Waals surface area contributed by atoms with Crippen LogP contribution < -0.4 is 14.2 Å². The molecule has 0 spiro atoms. The van der Waals surface area contributed by atoms with Crippen molar-refractivity contribution in [2.75, 3.05) is 0 Å². The Labute approximate surface area is 352 Å². The fourth-order valence-electron chi connectivity index (χ4n) is 7.12. The van der Waals surface area contributed by atoms with Crippen molar-refractivity contribution in [3.05, 3.63) is 193 Å². The minimum absolute atomic E-state index is 0. The topological polar surface area (TPSA) is 63.3 Å². The van der Waals surface area contributed by atoms with E-state index >= 15 is 0 Å². The van der Waals surface area contributed by atoms with Crippen molar-refractivity contribution in [3.8, 4) is 45.6 Å². The second-order valence-corrected chi connectivity index (χ2v) is 14.4. The Kier molecular flexibility index (Phi) is 11.2. The van der Waals surface area contributed by atoms with E-state index in [2.05, 4.69) is 109 Å². The molecule has 0 aliphatic carbocycles. The summed E-state index contributed by atoms with van der Waals surface area (Å²) >= 11 is 0. The zero-order valence-corrected chi connectivity index (χ0v) is 34.6. The van der Waals surface area contributed by atoms with Crippen molar-refractivity contribution in [3.63, 3.8) is 0 Å². The Hall–Kier alpha value is -6.43. The van der Waals surface area contributed by atoms with Crippen LogP contribution in [0.25, 0.3) is 44.4 Å². The van der Waals surface area contributed by atoms with Crippen LogP contribution in [0.4, 0.5) is 0 Å². The van der Waals surface area contributed by atoms with E-state index < -0.39 is 0 Å². The van der Waals surface area contributed by atoms with Crippen LogP contribution in [0.15, 0.2) is 158 Å². The van der Waals surface area contributed by atoms with E-state index in [-0.39, 0.29) is 21.1 Å². The summed E-state index contributed by atoms with van der Waals surface area (Å²) in [5, 5.41) is 6.99. The number of ether oxygens (including phenoxy) is 3. The molecule has 8 heteroatoms. The normalized spacial score (nSPS) is 11.2. The number of pyridine rings is 1. The first-order valence-electron chi connectivity index (χ1n) is 19.1. The van der Waals surface area contributed by atoms with Gasteiger partial charge in [0, 0.05) is 35.0 Å². The van der Waals surface area contributed by atoms with Gasteiger partial charge in [0.05, 0.1) is 11.8 Å². The van der Waals surface area contributed by atoms with Crippen molar-refractivity contribution in [2.45, 2.75) is 39.9 Å². The molecule has 9 rings (SSSR count). The SMILES string of the molecule is Cc1cc(OCc2ccccc2)c(-c2cnn(-c3[c-]c(Oc4[c-]c5c(cc4)c4ccccc4n5-c4cc(C(C)C)ccn4)ccc3)c2)c(OCc2ccccc2)c1.[Pt+2]. The van der Waals surface area contributed by atoms with E-state index in [1.54, 1.807) is 4.68 Å². The van der Waals surface area contributed by atoms with Crippen molar-refractivity contribution in [1.82, 2.24) is 19.3 Å². The third kappa shape index (κ3) is 8.04. The van der Waals surface area contributed by atoms with E-state index in [1.807, 2.05) is 86.2 Å². The fourth-order valence-corrected chi connectivity index (χ4v) is 7.12. The van der Waals surface area contributed by atoms with E-state index in [4.69, 9.17) is 24.3 Å². The van der Waals surface area contributed by atoms with E-state index in [9.17, 15) is 0 Å². The summed E-state index contributed by atoms with van der Waals surface area (Å²) in [5.74, 6) is 3.77. The molecule has 0 saturated heterocycles. The number of nitrogens with zero attached hydrogens (tertiary/aromatic N) is 4. The minimum Gasteiger partial charge on any atom is -0.509 e. The van der Waals surface area contributed by atoms with Gasteiger partial charge in [0.1, 0.15) is 30.5 Å². The summed E-state index contributed by atoms with van der Waals surface area (Å²) in [6, 6.07) is 53.8. The quantitative estimate of drug-likeness (QED) is 0.114. The van der Waals surface area contributed by atoms with Gasteiger partial charge in [-0.15, -0.1) is 35.7 Å². The molecule has 0 N–H and O–H groups in total. The van der Waals surface area contributed by atoms with Gasteiger partial charge in [-0.2, -0.15) is 17.2 Å². The first kappa shape index (κ1) is 38.4. The number of fused-ring (bicyclic) bond motifs is 3. The second kappa shape index (κ2) is 17.0. The van der Waals surface area contributed by atoms with Crippen LogP contribution in [0.5, 0.6) is 23.0 Å². The molecular formula is C50H40N4O3Pt. The van der Waals surface area contributed by atoms with E-state index in [1.165, 1.54) is 5.56 Å². The number of aromatic nitrogens is 4. The molecule has 58 heavy (non-hydrogen) atoms. The standard InChI is InChI=1S/C50H40N4O3.Pt/c1-34(2)38-23-24-51-49(27-38)54-45-20-11-10-19-43(45)44-22-21-42(29-46(44)54)57-41-18-12-17-40(28-41)53-31-39(30-52-53)50-47(55-32-36-13-6-4-7-14-36)25-35(3)26-48(50)56-33-37-15-8-5-9-16-37;/h4-27,30-31,34H,32-33H2,1-3H3;/q-2;+2. The van der Waals surface area contributed by atoms with Gasteiger partial charge in [-0.3, -0.25) is 4.68 Å². The van der Waals surface area contributed by atoms with Crippen LogP contribution >= 0.6 is 0 Å². The molecule has 0 saturated carbocycles. The summed E-state index contributed by atoms with van der Waals surface area (Å²) in [6.45, 7) is 7.27. The zero-order chi connectivity index (χ0) is 38.7. The number of para-hydroxylation sites is 1. The zero-order valence-electron chi connectivity index (χ0n) is 32.3. The average Bonchev–Trinajstić information content (AvgIpc) is 3.86. The van der Waals surface area contributed by atoms with Crippen LogP contribution in [0.3, 0.4) is 0 Å². The summed E-state index contributed by atoms with van der Waals surface area (Å²) in [6.07, 6.45) is 5.68. The maximum absolute atomic E-state index is 6.50. The van der Waals surface area contributed by atoms with Crippen molar-refractivity contribution >= 4 is 21.8 Å². The van der Waals surface area contributed by atoms with Crippen LogP contribution in [-0.2, 0) is 34.3 Å². The van der Waals surface area contributed by atoms with Crippen molar-refractivity contribution in [1.29, 1.82) is 0 Å².